The van der Waals surface area contributed by atoms with Crippen LogP contribution in [0.15, 0.2) is 30.3 Å². The number of carbonyl (C=O) groups excluding carboxylic acids is 3. The number of nitrogens with zero attached hydrogens (tertiary/aromatic N) is 2. The van der Waals surface area contributed by atoms with E-state index in [9.17, 15) is 27.4 Å². The summed E-state index contributed by atoms with van der Waals surface area (Å²) in [5.74, 6) is -2.10. The molecule has 10 nitrogen and oxygen atoms in total. The molecule has 2 N–H and O–H groups in total. The summed E-state index contributed by atoms with van der Waals surface area (Å²) < 4.78 is 37.7. The van der Waals surface area contributed by atoms with Crippen LogP contribution in [0.4, 0.5) is 4.79 Å². The molecule has 0 radical (unpaired) electrons. The second-order valence-corrected chi connectivity index (χ2v) is 6.68. The quantitative estimate of drug-likeness (QED) is 0.304. The van der Waals surface area contributed by atoms with Gasteiger partial charge in [-0.25, -0.2) is 22.4 Å². The molecule has 1 heterocycles. The van der Waals surface area contributed by atoms with Crippen molar-refractivity contribution in [2.45, 2.75) is 25.6 Å². The van der Waals surface area contributed by atoms with Gasteiger partial charge in [0.15, 0.2) is 10.3 Å². The van der Waals surface area contributed by atoms with E-state index in [1.807, 2.05) is 0 Å². The Labute approximate surface area is 172 Å². The molecule has 0 aliphatic carbocycles. The molecule has 2 rings (SSSR count). The largest absolute Gasteiger partial charge is 1.00 e. The van der Waals surface area contributed by atoms with Gasteiger partial charge in [0, 0.05) is 0 Å². The Kier molecular flexibility index (Phi) is 7.74. The Balaban J connectivity index is 0.00000338. The van der Waals surface area contributed by atoms with Gasteiger partial charge >= 0.3 is 35.7 Å². The molecule has 3 amide bonds. The van der Waals surface area contributed by atoms with Crippen molar-refractivity contribution in [1.29, 1.82) is 0 Å². The minimum absolute atomic E-state index is 0. The Bertz CT molecular complexity index is 785. The first kappa shape index (κ1) is 22.5. The summed E-state index contributed by atoms with van der Waals surface area (Å²) >= 11 is 0. The van der Waals surface area contributed by atoms with E-state index in [0.29, 0.717) is 10.5 Å². The number of rotatable bonds is 5. The van der Waals surface area contributed by atoms with Crippen LogP contribution < -0.4 is 35.3 Å². The third-order valence-electron chi connectivity index (χ3n) is 3.48. The molecule has 12 heteroatoms. The van der Waals surface area contributed by atoms with Gasteiger partial charge in [-0.2, -0.15) is 0 Å². The summed E-state index contributed by atoms with van der Waals surface area (Å²) in [6.45, 7) is 0.515. The summed E-state index contributed by atoms with van der Waals surface area (Å²) in [6, 6.07) is 6.01. The second-order valence-electron chi connectivity index (χ2n) is 5.38. The topological polar surface area (TPSA) is 150 Å². The molecule has 0 spiro atoms. The Morgan fingerprint density at radius 2 is 1.96 bits per heavy atom. The minimum atomic E-state index is -5.00. The molecule has 1 unspecified atom stereocenters. The summed E-state index contributed by atoms with van der Waals surface area (Å²) in [4.78, 5) is 36.7. The van der Waals surface area contributed by atoms with Gasteiger partial charge in [0.2, 0.25) is 5.91 Å². The fraction of sp³-hybridized carbons (Fsp3) is 0.357. The van der Waals surface area contributed by atoms with Crippen molar-refractivity contribution in [3.05, 3.63) is 35.9 Å². The molecule has 2 atom stereocenters. The van der Waals surface area contributed by atoms with Gasteiger partial charge in [0.25, 0.3) is 5.91 Å². The molecule has 1 aromatic rings. The first-order chi connectivity index (χ1) is 11.6. The SMILES string of the molecule is C[C@@H](N)C(=O)N(C(=O)OCc1ccccc1)C1CN(S(=O)(=O)[O-])C1=O.[Na+]. The maximum absolute atomic E-state index is 12.2. The molecule has 0 bridgehead atoms. The Hall–Kier alpha value is -1.50. The number of nitrogens with two attached hydrogens (primary N) is 1. The van der Waals surface area contributed by atoms with Crippen LogP contribution in [0, 0.1) is 0 Å². The van der Waals surface area contributed by atoms with Crippen LogP contribution in [-0.4, -0.2) is 58.7 Å². The molecule has 136 valence electrons. The molecule has 0 aromatic heterocycles. The van der Waals surface area contributed by atoms with Crippen LogP contribution in [-0.2, 0) is 31.2 Å². The third kappa shape index (κ3) is 5.02. The molecule has 1 fully saturated rings. The van der Waals surface area contributed by atoms with Crippen molar-refractivity contribution < 1.29 is 61.6 Å². The molecule has 1 saturated heterocycles. The Morgan fingerprint density at radius 3 is 2.42 bits per heavy atom. The fourth-order valence-corrected chi connectivity index (χ4v) is 2.82. The van der Waals surface area contributed by atoms with E-state index in [2.05, 4.69) is 0 Å². The van der Waals surface area contributed by atoms with Crippen LogP contribution in [0.25, 0.3) is 0 Å². The van der Waals surface area contributed by atoms with E-state index in [1.165, 1.54) is 6.92 Å². The van der Waals surface area contributed by atoms with Gasteiger partial charge in [-0.15, -0.1) is 0 Å². The zero-order valence-electron chi connectivity index (χ0n) is 14.2. The predicted octanol–water partition coefficient (Wildman–Crippen LogP) is -3.83. The van der Waals surface area contributed by atoms with Gasteiger partial charge < -0.3 is 15.0 Å². The monoisotopic (exact) mass is 393 g/mol. The first-order valence-electron chi connectivity index (χ1n) is 7.19. The summed E-state index contributed by atoms with van der Waals surface area (Å²) in [5, 5.41) is 0. The maximum Gasteiger partial charge on any atom is 1.00 e. The first-order valence-corrected chi connectivity index (χ1v) is 8.56. The number of carbonyl (C=O) groups is 3. The van der Waals surface area contributed by atoms with E-state index < -0.39 is 46.8 Å². The standard InChI is InChI=1S/C14H17N3O7S.Na/c1-9(15)12(18)17(11-7-16(13(11)19)25(21,22)23)14(20)24-8-10-5-3-2-4-6-10;/h2-6,9,11H,7-8,15H2,1H3,(H,21,22,23);/q;+1/p-1/t9-,11?;/m1./s1. The number of benzene rings is 1. The van der Waals surface area contributed by atoms with Gasteiger partial charge in [0.1, 0.15) is 12.6 Å². The van der Waals surface area contributed by atoms with Crippen LogP contribution in [0.2, 0.25) is 0 Å². The molecule has 0 saturated carbocycles. The third-order valence-corrected chi connectivity index (χ3v) is 4.35. The zero-order chi connectivity index (χ0) is 18.8. The van der Waals surface area contributed by atoms with Crippen molar-refractivity contribution >= 4 is 28.2 Å². The van der Waals surface area contributed by atoms with Crippen molar-refractivity contribution in [3.8, 4) is 0 Å². The molecule has 1 aliphatic rings. The van der Waals surface area contributed by atoms with Crippen molar-refractivity contribution in [1.82, 2.24) is 9.21 Å². The number of amides is 3. The number of imide groups is 1. The molecular formula is C14H16N3NaO7S. The molecule has 26 heavy (non-hydrogen) atoms. The number of hydrogen-bond donors (Lipinski definition) is 1. The second kappa shape index (κ2) is 8.93. The van der Waals surface area contributed by atoms with Crippen LogP contribution in [0.1, 0.15) is 12.5 Å². The van der Waals surface area contributed by atoms with E-state index in [0.717, 1.165) is 0 Å². The smallest absolute Gasteiger partial charge is 0.731 e. The number of β-lactam (4-membered cyclic amide) rings is 1. The normalized spacial score (nSPS) is 17.6. The van der Waals surface area contributed by atoms with Crippen molar-refractivity contribution in [3.63, 3.8) is 0 Å². The van der Waals surface area contributed by atoms with E-state index in [4.69, 9.17) is 10.5 Å². The maximum atomic E-state index is 12.2. The van der Waals surface area contributed by atoms with Crippen molar-refractivity contribution in [2.75, 3.05) is 6.54 Å². The van der Waals surface area contributed by atoms with E-state index in [1.54, 1.807) is 30.3 Å². The van der Waals surface area contributed by atoms with Crippen LogP contribution in [0.3, 0.4) is 0 Å². The van der Waals surface area contributed by atoms with Gasteiger partial charge in [-0.3, -0.25) is 9.59 Å². The van der Waals surface area contributed by atoms with Gasteiger partial charge in [0.05, 0.1) is 12.6 Å². The fourth-order valence-electron chi connectivity index (χ4n) is 2.15. The minimum Gasteiger partial charge on any atom is -0.731 e. The average Bonchev–Trinajstić information content (AvgIpc) is 2.54. The van der Waals surface area contributed by atoms with Crippen molar-refractivity contribution in [2.24, 2.45) is 5.73 Å². The molecule has 1 aromatic carbocycles. The van der Waals surface area contributed by atoms with E-state index in [-0.39, 0.29) is 40.5 Å². The number of ether oxygens (including phenoxy) is 1. The molecule has 1 aliphatic heterocycles. The molecular weight excluding hydrogens is 377 g/mol. The summed E-state index contributed by atoms with van der Waals surface area (Å²) in [5.41, 5.74) is 6.11. The average molecular weight is 393 g/mol. The summed E-state index contributed by atoms with van der Waals surface area (Å²) in [7, 11) is -5.00. The predicted molar refractivity (Wildman–Crippen MR) is 82.3 cm³/mol. The van der Waals surface area contributed by atoms with Crippen LogP contribution in [0.5, 0.6) is 0 Å². The Morgan fingerprint density at radius 1 is 1.38 bits per heavy atom. The summed E-state index contributed by atoms with van der Waals surface area (Å²) in [6.07, 6.45) is -1.15. The van der Waals surface area contributed by atoms with Gasteiger partial charge in [-0.1, -0.05) is 30.3 Å². The van der Waals surface area contributed by atoms with Gasteiger partial charge in [-0.05, 0) is 12.5 Å². The number of hydrogen-bond acceptors (Lipinski definition) is 8. The van der Waals surface area contributed by atoms with Crippen LogP contribution >= 0.6 is 0 Å². The van der Waals surface area contributed by atoms with E-state index >= 15 is 0 Å². The zero-order valence-corrected chi connectivity index (χ0v) is 17.0.